The zero-order valence-corrected chi connectivity index (χ0v) is 37.0. The van der Waals surface area contributed by atoms with Gasteiger partial charge in [0.25, 0.3) is 0 Å². The molecule has 3 N–H and O–H groups in total. The first kappa shape index (κ1) is 42.9. The van der Waals surface area contributed by atoms with Crippen LogP contribution in [0.3, 0.4) is 0 Å². The van der Waals surface area contributed by atoms with Gasteiger partial charge in [0.05, 0.1) is 0 Å². The minimum Gasteiger partial charge on any atom is -0.507 e. The number of hydrogen-bond donors (Lipinski definition) is 3. The molecule has 0 radical (unpaired) electrons. The number of aliphatic imine (C=N–C) groups is 2. The van der Waals surface area contributed by atoms with Gasteiger partial charge in [0.1, 0.15) is 35.6 Å². The van der Waals surface area contributed by atoms with Crippen molar-refractivity contribution in [2.45, 2.75) is 177 Å². The monoisotopic (exact) mass is 738 g/mol. The lowest BCUT2D eigenvalue weighted by Crippen LogP contribution is -2.37. The molecule has 1 aliphatic rings. The lowest BCUT2D eigenvalue weighted by molar-refractivity contribution is 0.404. The molecule has 3 aromatic carbocycles. The maximum absolute atomic E-state index is 11.5. The van der Waals surface area contributed by atoms with Crippen molar-refractivity contribution in [2.24, 2.45) is 9.98 Å². The number of hydrogen-bond acceptors (Lipinski definition) is 6. The lowest BCUT2D eigenvalue weighted by atomic mass is 9.78. The zero-order valence-electron chi connectivity index (χ0n) is 37.0. The normalized spacial score (nSPS) is 15.0. The summed E-state index contributed by atoms with van der Waals surface area (Å²) in [6.45, 7) is 39.6. The third kappa shape index (κ3) is 9.70. The highest BCUT2D eigenvalue weighted by atomic mass is 16.3. The Balaban J connectivity index is 1.89. The van der Waals surface area contributed by atoms with Gasteiger partial charge in [-0.05, 0) is 94.7 Å². The number of amidine groups is 2. The van der Waals surface area contributed by atoms with Crippen LogP contribution in [0.2, 0.25) is 0 Å². The van der Waals surface area contributed by atoms with Gasteiger partial charge in [-0.25, -0.2) is 9.98 Å². The Kier molecular flexibility index (Phi) is 11.4. The van der Waals surface area contributed by atoms with E-state index in [4.69, 9.17) is 9.98 Å². The second kappa shape index (κ2) is 14.4. The van der Waals surface area contributed by atoms with Gasteiger partial charge in [-0.15, -0.1) is 0 Å². The number of nitrogens with zero attached hydrogens (tertiary/aromatic N) is 3. The number of phenolic OH excluding ortho intramolecular Hbond substituents is 3. The van der Waals surface area contributed by atoms with E-state index in [1.807, 2.05) is 0 Å². The highest BCUT2D eigenvalue weighted by molar-refractivity contribution is 6.00. The van der Waals surface area contributed by atoms with Crippen molar-refractivity contribution in [3.8, 4) is 17.2 Å². The van der Waals surface area contributed by atoms with Crippen LogP contribution in [0, 0.1) is 0 Å². The fourth-order valence-corrected chi connectivity index (χ4v) is 7.29. The quantitative estimate of drug-likeness (QED) is 0.235. The van der Waals surface area contributed by atoms with Gasteiger partial charge >= 0.3 is 0 Å². The molecule has 6 nitrogen and oxygen atoms in total. The van der Waals surface area contributed by atoms with Crippen molar-refractivity contribution < 1.29 is 15.3 Å². The highest BCUT2D eigenvalue weighted by Crippen LogP contribution is 2.43. The van der Waals surface area contributed by atoms with Gasteiger partial charge in [-0.1, -0.05) is 149 Å². The van der Waals surface area contributed by atoms with Gasteiger partial charge in [-0.3, -0.25) is 0 Å². The van der Waals surface area contributed by atoms with E-state index in [1.165, 1.54) is 0 Å². The smallest absolute Gasteiger partial charge is 0.131 e. The van der Waals surface area contributed by atoms with E-state index < -0.39 is 0 Å². The summed E-state index contributed by atoms with van der Waals surface area (Å²) in [5, 5.41) is 34.4. The average molecular weight is 738 g/mol. The molecule has 296 valence electrons. The molecule has 1 aliphatic heterocycles. The van der Waals surface area contributed by atoms with Crippen LogP contribution in [0.25, 0.3) is 0 Å². The van der Waals surface area contributed by atoms with Gasteiger partial charge in [0.15, 0.2) is 0 Å². The summed E-state index contributed by atoms with van der Waals surface area (Å²) in [7, 11) is 0. The molecule has 0 amide bonds. The molecular formula is C48H71N3O3. The highest BCUT2D eigenvalue weighted by Gasteiger charge is 2.31. The largest absolute Gasteiger partial charge is 0.507 e. The third-order valence-corrected chi connectivity index (χ3v) is 10.5. The van der Waals surface area contributed by atoms with Crippen LogP contribution in [0.15, 0.2) is 46.4 Å². The summed E-state index contributed by atoms with van der Waals surface area (Å²) in [6, 6.07) is 12.8. The molecule has 0 spiro atoms. The minimum absolute atomic E-state index is 0.240. The number of aromatic hydroxyl groups is 3. The average Bonchev–Trinajstić information content (AvgIpc) is 2.97. The first-order valence-corrected chi connectivity index (χ1v) is 19.7. The summed E-state index contributed by atoms with van der Waals surface area (Å²) in [5.41, 5.74) is 7.38. The van der Waals surface area contributed by atoms with E-state index in [0.717, 1.165) is 61.7 Å². The van der Waals surface area contributed by atoms with Crippen molar-refractivity contribution >= 4 is 11.7 Å². The summed E-state index contributed by atoms with van der Waals surface area (Å²) in [4.78, 5) is 12.7. The van der Waals surface area contributed by atoms with E-state index in [-0.39, 0.29) is 32.5 Å². The molecule has 1 heterocycles. The molecule has 0 saturated heterocycles. The minimum atomic E-state index is -0.256. The topological polar surface area (TPSA) is 88.7 Å². The predicted octanol–water partition coefficient (Wildman–Crippen LogP) is 11.6. The maximum Gasteiger partial charge on any atom is 0.131 e. The Morgan fingerprint density at radius 3 is 1.02 bits per heavy atom. The van der Waals surface area contributed by atoms with Crippen LogP contribution in [0.5, 0.6) is 17.2 Å². The van der Waals surface area contributed by atoms with E-state index in [1.54, 1.807) is 0 Å². The van der Waals surface area contributed by atoms with Crippen LogP contribution in [-0.2, 0) is 51.9 Å². The summed E-state index contributed by atoms with van der Waals surface area (Å²) in [5.74, 6) is 2.79. The van der Waals surface area contributed by atoms with Gasteiger partial charge in [-0.2, -0.15) is 0 Å². The molecule has 0 fully saturated rings. The maximum atomic E-state index is 11.5. The molecule has 0 aliphatic carbocycles. The fourth-order valence-electron chi connectivity index (χ4n) is 7.29. The summed E-state index contributed by atoms with van der Waals surface area (Å²) < 4.78 is 0. The molecule has 0 unspecified atom stereocenters. The Morgan fingerprint density at radius 2 is 0.722 bits per heavy atom. The molecule has 6 heteroatoms. The second-order valence-electron chi connectivity index (χ2n) is 21.9. The van der Waals surface area contributed by atoms with Crippen molar-refractivity contribution in [1.82, 2.24) is 4.90 Å². The third-order valence-electron chi connectivity index (χ3n) is 10.5. The van der Waals surface area contributed by atoms with E-state index >= 15 is 0 Å². The van der Waals surface area contributed by atoms with Crippen LogP contribution >= 0.6 is 0 Å². The molecular weight excluding hydrogens is 667 g/mol. The Labute approximate surface area is 327 Å². The Morgan fingerprint density at radius 1 is 0.444 bits per heavy atom. The van der Waals surface area contributed by atoms with Crippen LogP contribution in [0.1, 0.15) is 175 Å². The van der Waals surface area contributed by atoms with Crippen molar-refractivity contribution in [3.05, 3.63) is 86.5 Å². The second-order valence-corrected chi connectivity index (χ2v) is 21.9. The molecule has 4 rings (SSSR count). The first-order valence-electron chi connectivity index (χ1n) is 19.7. The predicted molar refractivity (Wildman–Crippen MR) is 229 cm³/mol. The van der Waals surface area contributed by atoms with Crippen LogP contribution in [-0.4, -0.2) is 38.6 Å². The molecule has 0 aromatic heterocycles. The first-order chi connectivity index (χ1) is 24.3. The lowest BCUT2D eigenvalue weighted by Gasteiger charge is -2.32. The Bertz CT molecular complexity index is 1830. The van der Waals surface area contributed by atoms with Crippen molar-refractivity contribution in [3.63, 3.8) is 0 Å². The van der Waals surface area contributed by atoms with E-state index in [2.05, 4.69) is 166 Å². The molecule has 54 heavy (non-hydrogen) atoms. The SMILES string of the molecule is CC(C)(C)c1cc(CC2=NCN(Cc3cc(C(C)(C)C)c(O)c(C(C)(C)C)c3)C(Cc3cc(C(C)(C)C)c(O)c(C(C)(C)C)c3)=N2)cc(C(C)(C)C)c1O. The number of benzene rings is 3. The zero-order chi connectivity index (χ0) is 41.1. The number of rotatable bonds is 6. The van der Waals surface area contributed by atoms with Crippen LogP contribution in [0.4, 0.5) is 0 Å². The van der Waals surface area contributed by atoms with E-state index in [0.29, 0.717) is 43.3 Å². The van der Waals surface area contributed by atoms with Crippen molar-refractivity contribution in [1.29, 1.82) is 0 Å². The van der Waals surface area contributed by atoms with Crippen molar-refractivity contribution in [2.75, 3.05) is 6.67 Å². The molecule has 3 aromatic rings. The van der Waals surface area contributed by atoms with Gasteiger partial charge in [0.2, 0.25) is 0 Å². The Hall–Kier alpha value is -3.80. The van der Waals surface area contributed by atoms with E-state index in [9.17, 15) is 15.3 Å². The van der Waals surface area contributed by atoms with Gasteiger partial charge < -0.3 is 20.2 Å². The molecule has 0 saturated carbocycles. The number of phenols is 3. The van der Waals surface area contributed by atoms with Crippen LogP contribution < -0.4 is 0 Å². The summed E-state index contributed by atoms with van der Waals surface area (Å²) >= 11 is 0. The fraction of sp³-hybridized carbons (Fsp3) is 0.583. The standard InChI is InChI=1S/C48H71N3O3/c1-43(2,3)32-19-29(20-33(40(32)52)44(4,5)6)25-38-49-28-51(27-31-23-36(47(13,14)15)42(54)37(24-31)48(16,17)18)39(50-38)26-30-21-34(45(7,8)9)41(53)35(22-30)46(10,11)12/h19-24,52-54H,25-28H2,1-18H3. The van der Waals surface area contributed by atoms with Gasteiger partial charge in [0, 0.05) is 19.4 Å². The molecule has 0 atom stereocenters. The summed E-state index contributed by atoms with van der Waals surface area (Å²) in [6.07, 6.45) is 1.11. The molecule has 0 bridgehead atoms.